The van der Waals surface area contributed by atoms with Crippen LogP contribution in [0.4, 0.5) is 5.69 Å². The molecule has 7 nitrogen and oxygen atoms in total. The van der Waals surface area contributed by atoms with Crippen molar-refractivity contribution in [2.75, 3.05) is 31.7 Å². The Balaban J connectivity index is 1.43. The van der Waals surface area contributed by atoms with Crippen molar-refractivity contribution in [3.63, 3.8) is 0 Å². The maximum absolute atomic E-state index is 13.5. The van der Waals surface area contributed by atoms with Crippen LogP contribution in [-0.4, -0.2) is 52.5 Å². The average Bonchev–Trinajstić information content (AvgIpc) is 3.11. The molecular formula is C34H43ClN2O5S. The Hall–Kier alpha value is -2.55. The lowest BCUT2D eigenvalue weighted by molar-refractivity contribution is 0.0131. The summed E-state index contributed by atoms with van der Waals surface area (Å²) < 4.78 is 41.9. The number of hydrogen-bond acceptors (Lipinski definition) is 6. The molecule has 1 spiro atoms. The highest BCUT2D eigenvalue weighted by Crippen LogP contribution is 2.47. The Kier molecular flexibility index (Phi) is 8.57. The van der Waals surface area contributed by atoms with Crippen LogP contribution in [0.5, 0.6) is 5.75 Å². The molecular weight excluding hydrogens is 584 g/mol. The lowest BCUT2D eigenvalue weighted by Gasteiger charge is -2.46. The van der Waals surface area contributed by atoms with Gasteiger partial charge in [-0.3, -0.25) is 4.79 Å². The van der Waals surface area contributed by atoms with Crippen LogP contribution < -0.4 is 14.4 Å². The van der Waals surface area contributed by atoms with E-state index in [2.05, 4.69) is 33.9 Å². The van der Waals surface area contributed by atoms with Crippen LogP contribution in [0.1, 0.15) is 73.9 Å². The van der Waals surface area contributed by atoms with Crippen LogP contribution in [0, 0.1) is 17.8 Å². The second-order valence-corrected chi connectivity index (χ2v) is 15.4. The molecule has 0 aromatic heterocycles. The predicted molar refractivity (Wildman–Crippen MR) is 171 cm³/mol. The number of amides is 1. The van der Waals surface area contributed by atoms with E-state index in [1.54, 1.807) is 13.2 Å². The first-order chi connectivity index (χ1) is 20.6. The molecule has 43 heavy (non-hydrogen) atoms. The smallest absolute Gasteiger partial charge is 0.264 e. The van der Waals surface area contributed by atoms with E-state index in [9.17, 15) is 13.2 Å². The highest BCUT2D eigenvalue weighted by Gasteiger charge is 2.44. The van der Waals surface area contributed by atoms with Crippen LogP contribution in [0.15, 0.2) is 48.6 Å². The monoisotopic (exact) mass is 626 g/mol. The number of anilines is 1. The van der Waals surface area contributed by atoms with Crippen LogP contribution in [0.3, 0.4) is 0 Å². The minimum Gasteiger partial charge on any atom is -0.490 e. The van der Waals surface area contributed by atoms with Crippen LogP contribution in [0.25, 0.3) is 0 Å². The summed E-state index contributed by atoms with van der Waals surface area (Å²) in [7, 11) is -2.13. The molecule has 4 aliphatic rings. The van der Waals surface area contributed by atoms with E-state index in [1.807, 2.05) is 32.0 Å². The van der Waals surface area contributed by atoms with E-state index in [0.29, 0.717) is 36.8 Å². The lowest BCUT2D eigenvalue weighted by Crippen LogP contribution is -2.49. The van der Waals surface area contributed by atoms with E-state index in [-0.39, 0.29) is 17.4 Å². The number of rotatable bonds is 2. The zero-order chi connectivity index (χ0) is 30.4. The largest absolute Gasteiger partial charge is 0.490 e. The normalized spacial score (nSPS) is 32.8. The predicted octanol–water partition coefficient (Wildman–Crippen LogP) is 6.29. The van der Waals surface area contributed by atoms with Crippen molar-refractivity contribution in [3.05, 3.63) is 70.3 Å². The zero-order valence-electron chi connectivity index (χ0n) is 25.4. The summed E-state index contributed by atoms with van der Waals surface area (Å²) in [6, 6.07) is 11.6. The number of ether oxygens (including phenoxy) is 2. The van der Waals surface area contributed by atoms with Crippen LogP contribution in [0.2, 0.25) is 5.02 Å². The van der Waals surface area contributed by atoms with Crippen LogP contribution >= 0.6 is 11.6 Å². The summed E-state index contributed by atoms with van der Waals surface area (Å²) >= 11 is 6.41. The molecule has 2 aromatic rings. The van der Waals surface area contributed by atoms with Gasteiger partial charge in [-0.15, -0.1) is 0 Å². The Morgan fingerprint density at radius 2 is 2.02 bits per heavy atom. The third-order valence-corrected chi connectivity index (χ3v) is 12.7. The van der Waals surface area contributed by atoms with Gasteiger partial charge in [-0.2, -0.15) is 0 Å². The number of nitrogens with zero attached hydrogens (tertiary/aromatic N) is 1. The van der Waals surface area contributed by atoms with Gasteiger partial charge in [0.25, 0.3) is 5.91 Å². The SMILES string of the molecule is CC[C@H]1[C@@H](C)C/C=C\[C@@H](OC)[C@@H]2CC[C@H]2CN2C[C@@]3(CCCc4cc(Cl)ccc43)COc3ccc(cc32)C(=O)NS1(=O)=O. The number of methoxy groups -OCH3 is 1. The second-order valence-electron chi connectivity index (χ2n) is 13.1. The number of carbonyl (C=O) groups excluding carboxylic acids is 1. The van der Waals surface area contributed by atoms with Gasteiger partial charge in [-0.05, 0) is 104 Å². The zero-order valence-corrected chi connectivity index (χ0v) is 26.9. The first kappa shape index (κ1) is 30.5. The number of aryl methyl sites for hydroxylation is 1. The first-order valence-corrected chi connectivity index (χ1v) is 17.6. The van der Waals surface area contributed by atoms with Gasteiger partial charge in [0, 0.05) is 36.2 Å². The Labute approximate surface area is 261 Å². The molecule has 6 atom stereocenters. The van der Waals surface area contributed by atoms with Gasteiger partial charge in [0.2, 0.25) is 10.0 Å². The Morgan fingerprint density at radius 1 is 1.19 bits per heavy atom. The molecule has 1 amide bonds. The summed E-state index contributed by atoms with van der Waals surface area (Å²) in [6.45, 7) is 5.86. The number of hydrogen-bond donors (Lipinski definition) is 1. The third kappa shape index (κ3) is 5.83. The highest BCUT2D eigenvalue weighted by molar-refractivity contribution is 7.90. The van der Waals surface area contributed by atoms with E-state index in [4.69, 9.17) is 21.1 Å². The molecule has 2 bridgehead atoms. The minimum atomic E-state index is -3.90. The van der Waals surface area contributed by atoms with E-state index >= 15 is 0 Å². The van der Waals surface area contributed by atoms with Crippen molar-refractivity contribution in [2.45, 2.75) is 75.6 Å². The summed E-state index contributed by atoms with van der Waals surface area (Å²) in [5.41, 5.74) is 3.49. The molecule has 2 aliphatic heterocycles. The molecule has 2 aromatic carbocycles. The van der Waals surface area contributed by atoms with Gasteiger partial charge < -0.3 is 14.4 Å². The van der Waals surface area contributed by atoms with E-state index < -0.39 is 21.2 Å². The summed E-state index contributed by atoms with van der Waals surface area (Å²) in [4.78, 5) is 15.9. The third-order valence-electron chi connectivity index (χ3n) is 10.4. The average molecular weight is 627 g/mol. The van der Waals surface area contributed by atoms with Crippen molar-refractivity contribution in [3.8, 4) is 5.75 Å². The van der Waals surface area contributed by atoms with Gasteiger partial charge in [0.05, 0.1) is 23.6 Å². The molecule has 0 radical (unpaired) electrons. The van der Waals surface area contributed by atoms with Crippen LogP contribution in [-0.2, 0) is 26.6 Å². The van der Waals surface area contributed by atoms with Gasteiger partial charge in [-0.1, -0.05) is 43.7 Å². The number of nitrogens with one attached hydrogen (secondary N) is 1. The van der Waals surface area contributed by atoms with Crippen molar-refractivity contribution >= 4 is 33.2 Å². The number of sulfonamides is 1. The molecule has 2 heterocycles. The molecule has 2 aliphatic carbocycles. The number of halogens is 1. The van der Waals surface area contributed by atoms with E-state index in [1.165, 1.54) is 11.1 Å². The van der Waals surface area contributed by atoms with Gasteiger partial charge in [0.15, 0.2) is 0 Å². The topological polar surface area (TPSA) is 84.9 Å². The second kappa shape index (κ2) is 12.1. The number of carbonyl (C=O) groups is 1. The highest BCUT2D eigenvalue weighted by atomic mass is 35.5. The fourth-order valence-corrected chi connectivity index (χ4v) is 9.84. The number of fused-ring (bicyclic) bond motifs is 4. The van der Waals surface area contributed by atoms with Gasteiger partial charge >= 0.3 is 0 Å². The summed E-state index contributed by atoms with van der Waals surface area (Å²) in [5, 5.41) is 0.0618. The molecule has 232 valence electrons. The molecule has 1 fully saturated rings. The molecule has 1 N–H and O–H groups in total. The van der Waals surface area contributed by atoms with Crippen molar-refractivity contribution in [1.29, 1.82) is 0 Å². The fourth-order valence-electron chi connectivity index (χ4n) is 7.96. The maximum atomic E-state index is 13.5. The van der Waals surface area contributed by atoms with Gasteiger partial charge in [-0.25, -0.2) is 13.1 Å². The summed E-state index contributed by atoms with van der Waals surface area (Å²) in [6.07, 6.45) is 10.4. The standard InChI is InChI=1S/C34H43ClN2O5S/c1-4-32-22(2)7-5-9-30(41-3)27-13-10-25(27)19-37-20-34(16-6-8-23-17-26(35)12-14-28(23)34)21-42-31-15-11-24(18-29(31)37)33(38)36-43(32,39)40/h5,9,11-12,14-15,17-18,22,25,27,30,32H,4,6-8,10,13,16,19-21H2,1-3H3,(H,36,38)/b9-5-/t22-,25-,27+,30+,32-,34-/m0/s1. The molecule has 6 rings (SSSR count). The molecule has 9 heteroatoms. The van der Waals surface area contributed by atoms with E-state index in [0.717, 1.165) is 61.7 Å². The van der Waals surface area contributed by atoms with Gasteiger partial charge in [0.1, 0.15) is 5.75 Å². The molecule has 1 saturated carbocycles. The number of benzene rings is 2. The minimum absolute atomic E-state index is 0.0317. The lowest BCUT2D eigenvalue weighted by atomic mass is 9.68. The maximum Gasteiger partial charge on any atom is 0.264 e. The fraction of sp³-hybridized carbons (Fsp3) is 0.559. The van der Waals surface area contributed by atoms with Crippen molar-refractivity contribution < 1.29 is 22.7 Å². The Bertz CT molecular complexity index is 1510. The summed E-state index contributed by atoms with van der Waals surface area (Å²) in [5.74, 6) is 0.737. The first-order valence-electron chi connectivity index (χ1n) is 15.7. The van der Waals surface area contributed by atoms with Crippen molar-refractivity contribution in [2.24, 2.45) is 17.8 Å². The Morgan fingerprint density at radius 3 is 2.77 bits per heavy atom. The van der Waals surface area contributed by atoms with Crippen molar-refractivity contribution in [1.82, 2.24) is 4.72 Å². The molecule has 0 unspecified atom stereocenters. The quantitative estimate of drug-likeness (QED) is 0.395. The molecule has 0 saturated heterocycles. The number of allylic oxidation sites excluding steroid dienone is 1.